The fourth-order valence-electron chi connectivity index (χ4n) is 1.47. The standard InChI is InChI=1S/C12H13N3S/c1-2-8-15-12(13)16-9-11(14-15)10-6-4-3-5-7-10/h2-7,13H,1,8-9H2/p+1. The fraction of sp³-hybridized carbons (Fsp3) is 0.167. The summed E-state index contributed by atoms with van der Waals surface area (Å²) in [6, 6.07) is 10.2. The van der Waals surface area contributed by atoms with Crippen LogP contribution in [-0.4, -0.2) is 27.9 Å². The first kappa shape index (κ1) is 11.0. The van der Waals surface area contributed by atoms with Crippen LogP contribution in [0.3, 0.4) is 0 Å². The number of rotatable bonds is 3. The topological polar surface area (TPSA) is 41.4 Å². The third kappa shape index (κ3) is 2.33. The average molecular weight is 232 g/mol. The molecule has 0 saturated carbocycles. The van der Waals surface area contributed by atoms with E-state index in [4.69, 9.17) is 5.73 Å². The maximum absolute atomic E-state index is 5.86. The molecule has 0 fully saturated rings. The molecule has 82 valence electrons. The zero-order chi connectivity index (χ0) is 11.4. The Bertz CT molecular complexity index is 449. The van der Waals surface area contributed by atoms with Gasteiger partial charge < -0.3 is 0 Å². The van der Waals surface area contributed by atoms with Gasteiger partial charge in [0.15, 0.2) is 0 Å². The normalized spacial score (nSPS) is 15.9. The van der Waals surface area contributed by atoms with E-state index < -0.39 is 0 Å². The van der Waals surface area contributed by atoms with Crippen molar-refractivity contribution in [3.63, 3.8) is 0 Å². The molecule has 0 unspecified atom stereocenters. The molecule has 2 N–H and O–H groups in total. The summed E-state index contributed by atoms with van der Waals surface area (Å²) in [5.74, 6) is 0.823. The largest absolute Gasteiger partial charge is 0.330 e. The highest BCUT2D eigenvalue weighted by molar-refractivity contribution is 8.14. The fourth-order valence-corrected chi connectivity index (χ4v) is 2.24. The van der Waals surface area contributed by atoms with Gasteiger partial charge in [-0.2, -0.15) is 0 Å². The third-order valence-corrected chi connectivity index (χ3v) is 3.19. The molecule has 1 aromatic carbocycles. The summed E-state index contributed by atoms with van der Waals surface area (Å²) in [5.41, 5.74) is 8.06. The van der Waals surface area contributed by atoms with Crippen molar-refractivity contribution in [3.8, 4) is 0 Å². The van der Waals surface area contributed by atoms with Gasteiger partial charge in [-0.15, -0.1) is 4.68 Å². The lowest BCUT2D eigenvalue weighted by atomic mass is 10.1. The summed E-state index contributed by atoms with van der Waals surface area (Å²) in [6.07, 6.45) is 1.80. The third-order valence-electron chi connectivity index (χ3n) is 2.26. The molecule has 3 nitrogen and oxygen atoms in total. The minimum Gasteiger partial charge on any atom is -0.279 e. The molecule has 0 atom stereocenters. The van der Waals surface area contributed by atoms with Gasteiger partial charge in [0, 0.05) is 5.56 Å². The van der Waals surface area contributed by atoms with E-state index in [9.17, 15) is 0 Å². The minimum absolute atomic E-state index is 0.648. The van der Waals surface area contributed by atoms with Gasteiger partial charge in [-0.05, 0) is 17.8 Å². The second-order valence-electron chi connectivity index (χ2n) is 3.41. The van der Waals surface area contributed by atoms with E-state index in [1.807, 2.05) is 18.2 Å². The molecule has 0 radical (unpaired) electrons. The van der Waals surface area contributed by atoms with Crippen LogP contribution in [0, 0.1) is 0 Å². The van der Waals surface area contributed by atoms with E-state index in [-0.39, 0.29) is 0 Å². The number of benzene rings is 1. The molecule has 4 heteroatoms. The molecular formula is C12H14N3S+. The van der Waals surface area contributed by atoms with Crippen molar-refractivity contribution in [2.75, 3.05) is 12.3 Å². The maximum Gasteiger partial charge on any atom is 0.330 e. The molecule has 0 saturated heterocycles. The highest BCUT2D eigenvalue weighted by Gasteiger charge is 2.18. The Kier molecular flexibility index (Phi) is 3.41. The number of hydrazone groups is 1. The first-order valence-electron chi connectivity index (χ1n) is 5.08. The van der Waals surface area contributed by atoms with E-state index in [0.717, 1.165) is 22.2 Å². The Morgan fingerprint density at radius 3 is 2.88 bits per heavy atom. The van der Waals surface area contributed by atoms with Gasteiger partial charge in [-0.3, -0.25) is 5.73 Å². The summed E-state index contributed by atoms with van der Waals surface area (Å²) in [7, 11) is 0. The highest BCUT2D eigenvalue weighted by atomic mass is 32.2. The number of nitrogens with zero attached hydrogens (tertiary/aromatic N) is 2. The maximum atomic E-state index is 5.86. The summed E-state index contributed by atoms with van der Waals surface area (Å²) in [6.45, 7) is 4.35. The van der Waals surface area contributed by atoms with Gasteiger partial charge in [0.05, 0.1) is 5.75 Å². The van der Waals surface area contributed by atoms with Crippen LogP contribution in [0.25, 0.3) is 0 Å². The molecule has 0 aliphatic carbocycles. The van der Waals surface area contributed by atoms with Crippen molar-refractivity contribution >= 4 is 22.6 Å². The van der Waals surface area contributed by atoms with Crippen LogP contribution in [0.1, 0.15) is 5.56 Å². The number of hydrogen-bond acceptors (Lipinski definition) is 3. The molecule has 2 rings (SSSR count). The van der Waals surface area contributed by atoms with Gasteiger partial charge in [0.25, 0.3) is 0 Å². The van der Waals surface area contributed by atoms with E-state index in [1.165, 1.54) is 0 Å². The second kappa shape index (κ2) is 4.99. The SMILES string of the molecule is C=CC[N+]1=C(N)SCC(c2ccccc2)=N1. The lowest BCUT2D eigenvalue weighted by Crippen LogP contribution is -2.29. The van der Waals surface area contributed by atoms with Crippen molar-refractivity contribution in [2.45, 2.75) is 0 Å². The van der Waals surface area contributed by atoms with Crippen molar-refractivity contribution in [3.05, 3.63) is 48.6 Å². The van der Waals surface area contributed by atoms with Crippen molar-refractivity contribution in [1.29, 1.82) is 0 Å². The zero-order valence-electron chi connectivity index (χ0n) is 8.97. The van der Waals surface area contributed by atoms with Crippen LogP contribution >= 0.6 is 11.8 Å². The van der Waals surface area contributed by atoms with E-state index in [0.29, 0.717) is 6.54 Å². The van der Waals surface area contributed by atoms with Gasteiger partial charge in [0.2, 0.25) is 0 Å². The molecule has 1 aliphatic rings. The molecule has 1 aromatic rings. The number of hydrogen-bond donors (Lipinski definition) is 1. The van der Waals surface area contributed by atoms with Crippen LogP contribution in [0.4, 0.5) is 0 Å². The second-order valence-corrected chi connectivity index (χ2v) is 4.41. The van der Waals surface area contributed by atoms with Crippen molar-refractivity contribution in [1.82, 2.24) is 0 Å². The molecule has 16 heavy (non-hydrogen) atoms. The summed E-state index contributed by atoms with van der Waals surface area (Å²) >= 11 is 1.61. The Labute approximate surface area is 99.4 Å². The zero-order valence-corrected chi connectivity index (χ0v) is 9.78. The van der Waals surface area contributed by atoms with E-state index >= 15 is 0 Å². The number of nitrogens with two attached hydrogens (primary N) is 1. The smallest absolute Gasteiger partial charge is 0.279 e. The van der Waals surface area contributed by atoms with Crippen LogP contribution in [0.5, 0.6) is 0 Å². The summed E-state index contributed by atoms with van der Waals surface area (Å²) < 4.78 is 1.78. The van der Waals surface area contributed by atoms with E-state index in [2.05, 4.69) is 23.8 Å². The lowest BCUT2D eigenvalue weighted by Gasteiger charge is -2.11. The Balaban J connectivity index is 2.31. The minimum atomic E-state index is 0.648. The predicted molar refractivity (Wildman–Crippen MR) is 70.0 cm³/mol. The quantitative estimate of drug-likeness (QED) is 0.636. The van der Waals surface area contributed by atoms with Crippen LogP contribution in [0.15, 0.2) is 48.1 Å². The van der Waals surface area contributed by atoms with Crippen LogP contribution < -0.4 is 5.73 Å². The highest BCUT2D eigenvalue weighted by Crippen LogP contribution is 2.13. The first-order chi connectivity index (χ1) is 7.81. The lowest BCUT2D eigenvalue weighted by molar-refractivity contribution is -0.521. The van der Waals surface area contributed by atoms with Crippen LogP contribution in [0.2, 0.25) is 0 Å². The molecule has 0 amide bonds. The Hall–Kier alpha value is -1.55. The van der Waals surface area contributed by atoms with Gasteiger partial charge in [0.1, 0.15) is 12.3 Å². The molecular weight excluding hydrogens is 218 g/mol. The monoisotopic (exact) mass is 232 g/mol. The summed E-state index contributed by atoms with van der Waals surface area (Å²) in [5, 5.41) is 5.25. The van der Waals surface area contributed by atoms with Crippen molar-refractivity contribution in [2.24, 2.45) is 10.8 Å². The Morgan fingerprint density at radius 1 is 1.44 bits per heavy atom. The Morgan fingerprint density at radius 2 is 2.19 bits per heavy atom. The van der Waals surface area contributed by atoms with Gasteiger partial charge >= 0.3 is 5.17 Å². The average Bonchev–Trinajstić information content (AvgIpc) is 2.33. The molecule has 0 spiro atoms. The number of amidine groups is 1. The summed E-state index contributed by atoms with van der Waals surface area (Å²) in [4.78, 5) is 0. The number of thioether (sulfide) groups is 1. The van der Waals surface area contributed by atoms with Gasteiger partial charge in [-0.25, -0.2) is 0 Å². The van der Waals surface area contributed by atoms with Crippen LogP contribution in [-0.2, 0) is 0 Å². The molecule has 1 aliphatic heterocycles. The molecule has 0 aromatic heterocycles. The first-order valence-corrected chi connectivity index (χ1v) is 6.06. The van der Waals surface area contributed by atoms with Gasteiger partial charge in [-0.1, -0.05) is 42.0 Å². The predicted octanol–water partition coefficient (Wildman–Crippen LogP) is 1.65. The molecule has 0 bridgehead atoms. The van der Waals surface area contributed by atoms with Crippen molar-refractivity contribution < 1.29 is 4.68 Å². The molecule has 1 heterocycles. The van der Waals surface area contributed by atoms with E-state index in [1.54, 1.807) is 22.5 Å².